The summed E-state index contributed by atoms with van der Waals surface area (Å²) >= 11 is 0. The molecule has 1 aromatic carbocycles. The Labute approximate surface area is 125 Å². The highest BCUT2D eigenvalue weighted by atomic mass is 35.5. The van der Waals surface area contributed by atoms with E-state index in [9.17, 15) is 9.59 Å². The first-order valence-electron chi connectivity index (χ1n) is 6.42. The van der Waals surface area contributed by atoms with Gasteiger partial charge in [0.1, 0.15) is 0 Å². The number of carbonyl (C=O) groups excluding carboxylic acids is 2. The van der Waals surface area contributed by atoms with E-state index >= 15 is 0 Å². The number of nitrogens with two attached hydrogens (primary N) is 1. The van der Waals surface area contributed by atoms with E-state index in [0.717, 1.165) is 6.42 Å². The first-order valence-corrected chi connectivity index (χ1v) is 6.42. The van der Waals surface area contributed by atoms with Gasteiger partial charge in [0, 0.05) is 5.69 Å². The SMILES string of the molecule is CCCC(N)C(=O)Nc1cccc(C(=O)OCC)c1.Cl. The van der Waals surface area contributed by atoms with Gasteiger partial charge in [-0.1, -0.05) is 19.4 Å². The van der Waals surface area contributed by atoms with E-state index in [0.29, 0.717) is 24.3 Å². The third-order valence-corrected chi connectivity index (χ3v) is 2.58. The number of benzene rings is 1. The van der Waals surface area contributed by atoms with Gasteiger partial charge >= 0.3 is 5.97 Å². The molecule has 3 N–H and O–H groups in total. The third-order valence-electron chi connectivity index (χ3n) is 2.58. The van der Waals surface area contributed by atoms with Crippen LogP contribution in [0.4, 0.5) is 5.69 Å². The Balaban J connectivity index is 0.00000361. The van der Waals surface area contributed by atoms with Gasteiger partial charge in [-0.05, 0) is 31.5 Å². The standard InChI is InChI=1S/C14H20N2O3.ClH/c1-3-6-12(15)13(17)16-11-8-5-7-10(9-11)14(18)19-4-2;/h5,7-9,12H,3-4,6,15H2,1-2H3,(H,16,17);1H. The Kier molecular flexibility index (Phi) is 8.59. The molecule has 0 fully saturated rings. The first kappa shape index (κ1) is 18.4. The van der Waals surface area contributed by atoms with E-state index in [1.807, 2.05) is 6.92 Å². The number of hydrogen-bond acceptors (Lipinski definition) is 4. The molecule has 6 heteroatoms. The summed E-state index contributed by atoms with van der Waals surface area (Å²) in [5.74, 6) is -0.653. The van der Waals surface area contributed by atoms with Crippen LogP contribution in [-0.2, 0) is 9.53 Å². The zero-order valence-corrected chi connectivity index (χ0v) is 12.5. The Morgan fingerprint density at radius 1 is 1.35 bits per heavy atom. The predicted octanol–water partition coefficient (Wildman–Crippen LogP) is 2.35. The Hall–Kier alpha value is -1.59. The van der Waals surface area contributed by atoms with E-state index in [2.05, 4.69) is 5.32 Å². The van der Waals surface area contributed by atoms with Crippen LogP contribution >= 0.6 is 12.4 Å². The summed E-state index contributed by atoms with van der Waals surface area (Å²) in [5, 5.41) is 2.69. The molecule has 1 unspecified atom stereocenters. The summed E-state index contributed by atoms with van der Waals surface area (Å²) in [6, 6.07) is 6.08. The van der Waals surface area contributed by atoms with E-state index < -0.39 is 12.0 Å². The van der Waals surface area contributed by atoms with Crippen molar-refractivity contribution in [1.82, 2.24) is 0 Å². The van der Waals surface area contributed by atoms with Crippen molar-refractivity contribution in [3.05, 3.63) is 29.8 Å². The van der Waals surface area contributed by atoms with Gasteiger partial charge in [0.25, 0.3) is 0 Å². The maximum absolute atomic E-state index is 11.8. The van der Waals surface area contributed by atoms with Gasteiger partial charge in [0.15, 0.2) is 0 Å². The second kappa shape index (κ2) is 9.34. The molecular weight excluding hydrogens is 280 g/mol. The largest absolute Gasteiger partial charge is 0.462 e. The number of ether oxygens (including phenoxy) is 1. The number of amides is 1. The maximum atomic E-state index is 11.8. The summed E-state index contributed by atoms with van der Waals surface area (Å²) < 4.78 is 4.90. The molecule has 112 valence electrons. The van der Waals surface area contributed by atoms with E-state index in [4.69, 9.17) is 10.5 Å². The quantitative estimate of drug-likeness (QED) is 0.790. The zero-order valence-electron chi connectivity index (χ0n) is 11.7. The maximum Gasteiger partial charge on any atom is 0.338 e. The molecule has 1 atom stereocenters. The Bertz CT molecular complexity index is 452. The van der Waals surface area contributed by atoms with Crippen molar-refractivity contribution in [2.45, 2.75) is 32.7 Å². The fourth-order valence-corrected chi connectivity index (χ4v) is 1.62. The number of rotatable bonds is 6. The minimum atomic E-state index is -0.531. The lowest BCUT2D eigenvalue weighted by atomic mass is 10.1. The number of esters is 1. The van der Waals surface area contributed by atoms with Crippen LogP contribution in [0, 0.1) is 0 Å². The second-order valence-electron chi connectivity index (χ2n) is 4.19. The molecule has 0 bridgehead atoms. The molecule has 1 rings (SSSR count). The van der Waals surface area contributed by atoms with E-state index in [1.54, 1.807) is 31.2 Å². The van der Waals surface area contributed by atoms with Crippen LogP contribution < -0.4 is 11.1 Å². The highest BCUT2D eigenvalue weighted by Gasteiger charge is 2.13. The minimum Gasteiger partial charge on any atom is -0.462 e. The summed E-state index contributed by atoms with van der Waals surface area (Å²) in [6.07, 6.45) is 1.47. The average Bonchev–Trinajstić information content (AvgIpc) is 2.39. The predicted molar refractivity (Wildman–Crippen MR) is 81.2 cm³/mol. The lowest BCUT2D eigenvalue weighted by molar-refractivity contribution is -0.117. The van der Waals surface area contributed by atoms with Crippen molar-refractivity contribution in [3.8, 4) is 0 Å². The molecule has 0 saturated carbocycles. The second-order valence-corrected chi connectivity index (χ2v) is 4.19. The molecule has 0 aliphatic heterocycles. The normalized spacial score (nSPS) is 11.2. The number of carbonyl (C=O) groups is 2. The van der Waals surface area contributed by atoms with Crippen molar-refractivity contribution in [2.75, 3.05) is 11.9 Å². The lowest BCUT2D eigenvalue weighted by Crippen LogP contribution is -2.35. The molecule has 0 spiro atoms. The fourth-order valence-electron chi connectivity index (χ4n) is 1.62. The highest BCUT2D eigenvalue weighted by molar-refractivity contribution is 5.96. The van der Waals surface area contributed by atoms with Crippen LogP contribution in [0.15, 0.2) is 24.3 Å². The van der Waals surface area contributed by atoms with Gasteiger partial charge in [-0.25, -0.2) is 4.79 Å². The van der Waals surface area contributed by atoms with E-state index in [1.165, 1.54) is 0 Å². The molecule has 0 aromatic heterocycles. The molecule has 0 aliphatic rings. The van der Waals surface area contributed by atoms with Gasteiger partial charge in [-0.2, -0.15) is 0 Å². The van der Waals surface area contributed by atoms with Crippen LogP contribution in [0.1, 0.15) is 37.0 Å². The topological polar surface area (TPSA) is 81.4 Å². The fraction of sp³-hybridized carbons (Fsp3) is 0.429. The lowest BCUT2D eigenvalue weighted by Gasteiger charge is -2.11. The Morgan fingerprint density at radius 2 is 2.05 bits per heavy atom. The minimum absolute atomic E-state index is 0. The molecule has 0 radical (unpaired) electrons. The summed E-state index contributed by atoms with van der Waals surface area (Å²) in [6.45, 7) is 4.03. The molecule has 5 nitrogen and oxygen atoms in total. The summed E-state index contributed by atoms with van der Waals surface area (Å²) in [5.41, 5.74) is 6.67. The zero-order chi connectivity index (χ0) is 14.3. The molecule has 1 amide bonds. The van der Waals surface area contributed by atoms with Crippen molar-refractivity contribution in [1.29, 1.82) is 0 Å². The molecule has 0 saturated heterocycles. The van der Waals surface area contributed by atoms with Gasteiger partial charge in [0.05, 0.1) is 18.2 Å². The van der Waals surface area contributed by atoms with Crippen LogP contribution in [0.5, 0.6) is 0 Å². The summed E-state index contributed by atoms with van der Waals surface area (Å²) in [7, 11) is 0. The molecule has 20 heavy (non-hydrogen) atoms. The van der Waals surface area contributed by atoms with Crippen LogP contribution in [0.25, 0.3) is 0 Å². The van der Waals surface area contributed by atoms with Gasteiger partial charge in [-0.15, -0.1) is 12.4 Å². The smallest absolute Gasteiger partial charge is 0.338 e. The van der Waals surface area contributed by atoms with Gasteiger partial charge < -0.3 is 15.8 Å². The van der Waals surface area contributed by atoms with E-state index in [-0.39, 0.29) is 18.3 Å². The van der Waals surface area contributed by atoms with Crippen molar-refractivity contribution in [2.24, 2.45) is 5.73 Å². The number of nitrogens with one attached hydrogen (secondary N) is 1. The molecule has 0 heterocycles. The van der Waals surface area contributed by atoms with Gasteiger partial charge in [-0.3, -0.25) is 4.79 Å². The molecule has 0 aliphatic carbocycles. The third kappa shape index (κ3) is 5.59. The number of hydrogen-bond donors (Lipinski definition) is 2. The van der Waals surface area contributed by atoms with Crippen molar-refractivity contribution < 1.29 is 14.3 Å². The number of anilines is 1. The monoisotopic (exact) mass is 300 g/mol. The van der Waals surface area contributed by atoms with Gasteiger partial charge in [0.2, 0.25) is 5.91 Å². The van der Waals surface area contributed by atoms with Crippen LogP contribution in [0.2, 0.25) is 0 Å². The van der Waals surface area contributed by atoms with Crippen LogP contribution in [-0.4, -0.2) is 24.5 Å². The van der Waals surface area contributed by atoms with Crippen molar-refractivity contribution >= 4 is 30.0 Å². The van der Waals surface area contributed by atoms with Crippen LogP contribution in [0.3, 0.4) is 0 Å². The molecular formula is C14H21ClN2O3. The first-order chi connectivity index (χ1) is 9.08. The highest BCUT2D eigenvalue weighted by Crippen LogP contribution is 2.12. The number of halogens is 1. The average molecular weight is 301 g/mol. The molecule has 1 aromatic rings. The summed E-state index contributed by atoms with van der Waals surface area (Å²) in [4.78, 5) is 23.3. The Morgan fingerprint density at radius 3 is 2.65 bits per heavy atom. The van der Waals surface area contributed by atoms with Crippen molar-refractivity contribution in [3.63, 3.8) is 0 Å².